The first-order valence-corrected chi connectivity index (χ1v) is 6.37. The van der Waals surface area contributed by atoms with Crippen LogP contribution in [-0.2, 0) is 12.3 Å². The van der Waals surface area contributed by atoms with Crippen molar-refractivity contribution in [3.63, 3.8) is 0 Å². The average Bonchev–Trinajstić information content (AvgIpc) is 2.77. The molecule has 90 valence electrons. The Morgan fingerprint density at radius 2 is 2.29 bits per heavy atom. The second-order valence-electron chi connectivity index (χ2n) is 3.53. The van der Waals surface area contributed by atoms with Gasteiger partial charge in [0.2, 0.25) is 0 Å². The maximum Gasteiger partial charge on any atom is 0.161 e. The molecule has 0 unspecified atom stereocenters. The van der Waals surface area contributed by atoms with Crippen molar-refractivity contribution in [3.8, 4) is 0 Å². The van der Waals surface area contributed by atoms with E-state index >= 15 is 0 Å². The second kappa shape index (κ2) is 5.62. The predicted octanol–water partition coefficient (Wildman–Crippen LogP) is 1.35. The Labute approximate surface area is 104 Å². The van der Waals surface area contributed by atoms with E-state index in [1.165, 1.54) is 0 Å². The van der Waals surface area contributed by atoms with E-state index in [0.717, 1.165) is 29.4 Å². The van der Waals surface area contributed by atoms with Gasteiger partial charge in [0.05, 0.1) is 5.75 Å². The molecule has 2 N–H and O–H groups in total. The van der Waals surface area contributed by atoms with Crippen molar-refractivity contribution in [3.05, 3.63) is 24.2 Å². The minimum Gasteiger partial charge on any atom is -0.384 e. The molecule has 2 aromatic rings. The molecule has 0 atom stereocenters. The molecule has 0 aliphatic rings. The number of nitrogen functional groups attached to an aromatic ring is 1. The minimum absolute atomic E-state index is 0.533. The smallest absolute Gasteiger partial charge is 0.161 e. The largest absolute Gasteiger partial charge is 0.384 e. The summed E-state index contributed by atoms with van der Waals surface area (Å²) < 4.78 is 1.83. The van der Waals surface area contributed by atoms with E-state index in [4.69, 9.17) is 5.73 Å². The Kier molecular flexibility index (Phi) is 3.92. The number of nitrogens with zero attached hydrogens (tertiary/aromatic N) is 5. The van der Waals surface area contributed by atoms with E-state index in [0.29, 0.717) is 5.82 Å². The Morgan fingerprint density at radius 3 is 3.00 bits per heavy atom. The van der Waals surface area contributed by atoms with E-state index in [1.807, 2.05) is 10.7 Å². The minimum atomic E-state index is 0.533. The van der Waals surface area contributed by atoms with Gasteiger partial charge in [0.1, 0.15) is 5.82 Å². The van der Waals surface area contributed by atoms with Crippen molar-refractivity contribution >= 4 is 17.6 Å². The van der Waals surface area contributed by atoms with Crippen LogP contribution in [-0.4, -0.2) is 25.2 Å². The average molecular weight is 250 g/mol. The summed E-state index contributed by atoms with van der Waals surface area (Å²) in [5.74, 6) is 2.15. The molecule has 0 aliphatic carbocycles. The zero-order valence-corrected chi connectivity index (χ0v) is 10.4. The quantitative estimate of drug-likeness (QED) is 0.807. The van der Waals surface area contributed by atoms with Crippen molar-refractivity contribution in [2.45, 2.75) is 30.5 Å². The summed E-state index contributed by atoms with van der Waals surface area (Å²) in [4.78, 5) is 5.10. The zero-order chi connectivity index (χ0) is 12.1. The molecule has 0 radical (unpaired) electrons. The molecule has 0 saturated heterocycles. The third-order valence-electron chi connectivity index (χ3n) is 2.17. The number of aromatic nitrogens is 5. The first-order chi connectivity index (χ1) is 8.29. The third kappa shape index (κ3) is 3.16. The lowest BCUT2D eigenvalue weighted by molar-refractivity contribution is 0.564. The van der Waals surface area contributed by atoms with Gasteiger partial charge in [0, 0.05) is 17.6 Å². The number of anilines is 1. The van der Waals surface area contributed by atoms with Crippen LogP contribution in [0.15, 0.2) is 23.2 Å². The van der Waals surface area contributed by atoms with Gasteiger partial charge in [-0.25, -0.2) is 9.67 Å². The number of pyridine rings is 1. The molecule has 2 heterocycles. The van der Waals surface area contributed by atoms with Crippen LogP contribution in [0.25, 0.3) is 0 Å². The molecule has 0 saturated carbocycles. The van der Waals surface area contributed by atoms with Crippen LogP contribution in [0.1, 0.15) is 19.2 Å². The molecule has 0 fully saturated rings. The maximum atomic E-state index is 5.52. The van der Waals surface area contributed by atoms with Crippen LogP contribution in [0.3, 0.4) is 0 Å². The summed E-state index contributed by atoms with van der Waals surface area (Å²) in [6, 6.07) is 3.73. The van der Waals surface area contributed by atoms with Crippen LogP contribution in [0.4, 0.5) is 5.82 Å². The standard InChI is InChI=1S/C10H14N6S/c1-2-5-16-10(13-14-15-16)7-17-8-3-4-9(11)12-6-8/h3-4,6H,2,5,7H2,1H3,(H2,11,12). The maximum absolute atomic E-state index is 5.52. The molecule has 17 heavy (non-hydrogen) atoms. The van der Waals surface area contributed by atoms with Crippen LogP contribution in [0.2, 0.25) is 0 Å². The lowest BCUT2D eigenvalue weighted by Gasteiger charge is -2.02. The summed E-state index contributed by atoms with van der Waals surface area (Å²) in [6.07, 6.45) is 2.78. The summed E-state index contributed by atoms with van der Waals surface area (Å²) in [7, 11) is 0. The van der Waals surface area contributed by atoms with Gasteiger partial charge in [-0.05, 0) is 29.0 Å². The molecule has 0 spiro atoms. The highest BCUT2D eigenvalue weighted by atomic mass is 32.2. The molecule has 0 aliphatic heterocycles. The van der Waals surface area contributed by atoms with Gasteiger partial charge in [0.25, 0.3) is 0 Å². The number of rotatable bonds is 5. The first kappa shape index (κ1) is 11.8. The molecule has 0 aromatic carbocycles. The van der Waals surface area contributed by atoms with Gasteiger partial charge >= 0.3 is 0 Å². The molecular formula is C10H14N6S. The predicted molar refractivity (Wildman–Crippen MR) is 66.3 cm³/mol. The summed E-state index contributed by atoms with van der Waals surface area (Å²) in [5, 5.41) is 11.6. The van der Waals surface area contributed by atoms with Crippen molar-refractivity contribution in [2.75, 3.05) is 5.73 Å². The topological polar surface area (TPSA) is 82.5 Å². The number of aryl methyl sites for hydroxylation is 1. The highest BCUT2D eigenvalue weighted by molar-refractivity contribution is 7.98. The number of hydrogen-bond donors (Lipinski definition) is 1. The van der Waals surface area contributed by atoms with E-state index in [-0.39, 0.29) is 0 Å². The van der Waals surface area contributed by atoms with Crippen LogP contribution in [0, 0.1) is 0 Å². The lowest BCUT2D eigenvalue weighted by atomic mass is 10.5. The fourth-order valence-electron chi connectivity index (χ4n) is 1.34. The van der Waals surface area contributed by atoms with E-state index in [1.54, 1.807) is 24.0 Å². The van der Waals surface area contributed by atoms with Crippen LogP contribution < -0.4 is 5.73 Å². The molecule has 6 nitrogen and oxygen atoms in total. The van der Waals surface area contributed by atoms with Crippen molar-refractivity contribution in [2.24, 2.45) is 0 Å². The Hall–Kier alpha value is -1.63. The highest BCUT2D eigenvalue weighted by Crippen LogP contribution is 2.21. The summed E-state index contributed by atoms with van der Waals surface area (Å²) in [6.45, 7) is 2.95. The van der Waals surface area contributed by atoms with Crippen LogP contribution in [0.5, 0.6) is 0 Å². The Balaban J connectivity index is 1.97. The van der Waals surface area contributed by atoms with Crippen molar-refractivity contribution in [1.82, 2.24) is 25.2 Å². The van der Waals surface area contributed by atoms with Gasteiger partial charge in [-0.15, -0.1) is 16.9 Å². The highest BCUT2D eigenvalue weighted by Gasteiger charge is 2.05. The number of nitrogens with two attached hydrogens (primary N) is 1. The fourth-order valence-corrected chi connectivity index (χ4v) is 2.13. The van der Waals surface area contributed by atoms with E-state index in [9.17, 15) is 0 Å². The van der Waals surface area contributed by atoms with Gasteiger partial charge in [-0.2, -0.15) is 0 Å². The third-order valence-corrected chi connectivity index (χ3v) is 3.15. The molecule has 0 amide bonds. The molecule has 2 aromatic heterocycles. The van der Waals surface area contributed by atoms with E-state index in [2.05, 4.69) is 27.4 Å². The SMILES string of the molecule is CCCn1nnnc1CSc1ccc(N)nc1. The second-order valence-corrected chi connectivity index (χ2v) is 4.57. The Morgan fingerprint density at radius 1 is 1.41 bits per heavy atom. The molecule has 7 heteroatoms. The normalized spacial score (nSPS) is 10.6. The van der Waals surface area contributed by atoms with Gasteiger partial charge in [-0.1, -0.05) is 6.92 Å². The number of tetrazole rings is 1. The van der Waals surface area contributed by atoms with Crippen LogP contribution >= 0.6 is 11.8 Å². The van der Waals surface area contributed by atoms with Crippen molar-refractivity contribution in [1.29, 1.82) is 0 Å². The fraction of sp³-hybridized carbons (Fsp3) is 0.400. The monoisotopic (exact) mass is 250 g/mol. The number of thioether (sulfide) groups is 1. The molecular weight excluding hydrogens is 236 g/mol. The zero-order valence-electron chi connectivity index (χ0n) is 9.58. The van der Waals surface area contributed by atoms with E-state index < -0.39 is 0 Å². The lowest BCUT2D eigenvalue weighted by Crippen LogP contribution is -2.04. The number of hydrogen-bond acceptors (Lipinski definition) is 6. The molecule has 0 bridgehead atoms. The van der Waals surface area contributed by atoms with Gasteiger partial charge in [-0.3, -0.25) is 0 Å². The Bertz CT molecular complexity index is 466. The van der Waals surface area contributed by atoms with Crippen molar-refractivity contribution < 1.29 is 0 Å². The summed E-state index contributed by atoms with van der Waals surface area (Å²) >= 11 is 1.65. The summed E-state index contributed by atoms with van der Waals surface area (Å²) in [5.41, 5.74) is 5.52. The first-order valence-electron chi connectivity index (χ1n) is 5.39. The van der Waals surface area contributed by atoms with Gasteiger partial charge < -0.3 is 5.73 Å². The molecule has 2 rings (SSSR count). The van der Waals surface area contributed by atoms with Gasteiger partial charge in [0.15, 0.2) is 5.82 Å².